The van der Waals surface area contributed by atoms with Crippen molar-refractivity contribution in [2.75, 3.05) is 31.9 Å². The predicted octanol–water partition coefficient (Wildman–Crippen LogP) is 11.0. The Morgan fingerprint density at radius 3 is 1.54 bits per heavy atom. The number of benzene rings is 6. The number of phenolic OH excluding ortho intramolecular Hbond substituents is 3. The number of alkyl halides is 3. The fraction of sp³-hybridized carbons (Fsp3) is 0.0714. The van der Waals surface area contributed by atoms with Gasteiger partial charge in [-0.2, -0.15) is 21.6 Å². The number of aryl methyl sites for hydroxylation is 1. The summed E-state index contributed by atoms with van der Waals surface area (Å²) in [4.78, 5) is 55.6. The number of phenols is 3. The molecular weight excluding hydrogens is 1040 g/mol. The minimum Gasteiger partial charge on any atom is -0.506 e. The number of halogens is 5. The van der Waals surface area contributed by atoms with Crippen molar-refractivity contribution in [3.05, 3.63) is 168 Å². The molecule has 0 saturated heterocycles. The number of nitro benzene ring substituents is 2. The summed E-state index contributed by atoms with van der Waals surface area (Å²) in [6.07, 6.45) is -4.56. The van der Waals surface area contributed by atoms with Crippen LogP contribution in [0.25, 0.3) is 0 Å². The van der Waals surface area contributed by atoms with Crippen LogP contribution in [-0.2, 0) is 27.4 Å². The number of hydrogen-bond acceptors (Lipinski definition) is 13. The Morgan fingerprint density at radius 1 is 0.643 bits per heavy atom. The van der Waals surface area contributed by atoms with Crippen molar-refractivity contribution in [2.24, 2.45) is 0 Å². The number of urea groups is 3. The highest BCUT2D eigenvalue weighted by atomic mass is 79.9. The van der Waals surface area contributed by atoms with Gasteiger partial charge in [-0.3, -0.25) is 24.8 Å². The first-order chi connectivity index (χ1) is 32.8. The van der Waals surface area contributed by atoms with Crippen molar-refractivity contribution in [1.29, 1.82) is 0 Å². The zero-order valence-electron chi connectivity index (χ0n) is 35.3. The summed E-state index contributed by atoms with van der Waals surface area (Å²) in [5.41, 5.74) is 0.381. The molecule has 6 aromatic carbocycles. The van der Waals surface area contributed by atoms with Crippen LogP contribution >= 0.6 is 27.5 Å². The molecule has 0 atom stereocenters. The number of hydrogen-bond donors (Lipinski definition) is 10. The lowest BCUT2D eigenvalue weighted by Crippen LogP contribution is -2.20. The van der Waals surface area contributed by atoms with Gasteiger partial charge in [0.15, 0.2) is 0 Å². The van der Waals surface area contributed by atoms with Crippen LogP contribution in [-0.4, -0.2) is 56.2 Å². The van der Waals surface area contributed by atoms with Crippen LogP contribution in [0, 0.1) is 27.2 Å². The minimum absolute atomic E-state index is 0.0489. The number of carbonyl (C=O) groups excluding carboxylic acids is 3. The molecule has 6 aromatic rings. The second-order valence-electron chi connectivity index (χ2n) is 13.6. The number of aromatic hydroxyl groups is 3. The smallest absolute Gasteiger partial charge is 0.416 e. The average Bonchev–Trinajstić information content (AvgIpc) is 3.27. The number of anilines is 6. The van der Waals surface area contributed by atoms with Gasteiger partial charge in [0.2, 0.25) is 0 Å². The first-order valence-electron chi connectivity index (χ1n) is 19.1. The van der Waals surface area contributed by atoms with E-state index in [9.17, 15) is 71.5 Å². The highest BCUT2D eigenvalue weighted by Crippen LogP contribution is 2.35. The summed E-state index contributed by atoms with van der Waals surface area (Å²) < 4.78 is 72.3. The quantitative estimate of drug-likeness (QED) is 0.0250. The Balaban J connectivity index is 0.000000230. The van der Waals surface area contributed by atoms with Crippen molar-refractivity contribution < 1.29 is 69.9 Å². The Labute approximate surface area is 406 Å². The first kappa shape index (κ1) is 54.4. The van der Waals surface area contributed by atoms with Gasteiger partial charge in [0.1, 0.15) is 17.2 Å². The molecule has 0 unspecified atom stereocenters. The monoisotopic (exact) mass is 1080 g/mol. The number of nitrogens with zero attached hydrogens (tertiary/aromatic N) is 2. The topological polar surface area (TPSA) is 334 Å². The maximum absolute atomic E-state index is 12.5. The highest BCUT2D eigenvalue weighted by molar-refractivity contribution is 9.10. The van der Waals surface area contributed by atoms with Gasteiger partial charge in [0.05, 0.1) is 67.6 Å². The SMILES string of the molecule is Cc1cccc(Cl)c1NC(=O)Nc1ccc([N+](=O)[O-])cc1O.O=C(Nc1ccc(C(F)(F)F)cc1O)Nc1ccccc1Br.O=C(Nc1ccc([N+](=O)[O-])cc1O)Nc1ccccc1COS(=O)(=O)O. The summed E-state index contributed by atoms with van der Waals surface area (Å²) in [5, 5.41) is 65.0. The average molecular weight is 1080 g/mol. The molecule has 0 spiro atoms. The zero-order chi connectivity index (χ0) is 51.9. The van der Waals surface area contributed by atoms with E-state index >= 15 is 0 Å². The molecule has 28 heteroatoms. The third-order valence-corrected chi connectivity index (χ3v) is 10.1. The van der Waals surface area contributed by atoms with Crippen molar-refractivity contribution >= 4 is 102 Å². The molecule has 0 radical (unpaired) electrons. The largest absolute Gasteiger partial charge is 0.506 e. The van der Waals surface area contributed by atoms with Crippen LogP contribution in [0.15, 0.2) is 126 Å². The van der Waals surface area contributed by atoms with E-state index in [0.717, 1.165) is 42.0 Å². The number of rotatable bonds is 11. The standard InChI is InChI=1S/C14H10BrF3N2O2.C14H12ClN3O4.C14H13N3O8S/c15-9-3-1-2-4-10(9)19-13(22)20-11-6-5-8(7-12(11)21)14(16,17)18;1-8-3-2-4-10(15)13(8)17-14(20)16-11-6-5-9(18(21)22)7-12(11)19;18-13-7-10(17(20)21)5-6-12(13)16-14(19)15-11-4-2-1-3-9(11)8-25-26(22,23)24/h1-7,21H,(H2,19,20,22);2-7,19H,1H3,(H2,16,17,20);1-7,18H,8H2,(H2,15,16,19)(H,22,23,24). The Kier molecular flexibility index (Phi) is 18.8. The maximum Gasteiger partial charge on any atom is 0.416 e. The molecule has 10 N–H and O–H groups in total. The second kappa shape index (κ2) is 24.2. The van der Waals surface area contributed by atoms with E-state index in [1.165, 1.54) is 24.3 Å². The van der Waals surface area contributed by atoms with Gasteiger partial charge in [-0.25, -0.2) is 18.6 Å². The molecule has 0 aliphatic carbocycles. The second-order valence-corrected chi connectivity index (χ2v) is 16.0. The number of amides is 6. The maximum atomic E-state index is 12.5. The van der Waals surface area contributed by atoms with Crippen LogP contribution in [0.4, 0.5) is 73.1 Å². The predicted molar refractivity (Wildman–Crippen MR) is 254 cm³/mol. The van der Waals surface area contributed by atoms with Gasteiger partial charge in [0.25, 0.3) is 11.4 Å². The summed E-state index contributed by atoms with van der Waals surface area (Å²) in [5.74, 6) is -1.57. The van der Waals surface area contributed by atoms with Crippen LogP contribution in [0.1, 0.15) is 16.7 Å². The molecule has 0 bridgehead atoms. The van der Waals surface area contributed by atoms with Gasteiger partial charge < -0.3 is 47.2 Å². The van der Waals surface area contributed by atoms with Gasteiger partial charge >= 0.3 is 34.7 Å². The molecule has 22 nitrogen and oxygen atoms in total. The third-order valence-electron chi connectivity index (χ3n) is 8.67. The van der Waals surface area contributed by atoms with Gasteiger partial charge in [-0.1, -0.05) is 54.1 Å². The van der Waals surface area contributed by atoms with Gasteiger partial charge in [-0.15, -0.1) is 0 Å². The van der Waals surface area contributed by atoms with Crippen LogP contribution in [0.2, 0.25) is 5.02 Å². The summed E-state index contributed by atoms with van der Waals surface area (Å²) >= 11 is 9.24. The molecule has 6 rings (SSSR count). The zero-order valence-corrected chi connectivity index (χ0v) is 38.5. The fourth-order valence-electron chi connectivity index (χ4n) is 5.37. The number of carbonyl (C=O) groups is 3. The molecular formula is C42H35BrClF3N8O14S. The fourth-order valence-corrected chi connectivity index (χ4v) is 6.30. The summed E-state index contributed by atoms with van der Waals surface area (Å²) in [7, 11) is -4.65. The first-order valence-corrected chi connectivity index (χ1v) is 21.6. The highest BCUT2D eigenvalue weighted by Gasteiger charge is 2.31. The molecule has 0 aliphatic heterocycles. The lowest BCUT2D eigenvalue weighted by Gasteiger charge is -2.12. The van der Waals surface area contributed by atoms with Crippen molar-refractivity contribution in [3.8, 4) is 17.2 Å². The van der Waals surface area contributed by atoms with E-state index in [2.05, 4.69) is 52.0 Å². The van der Waals surface area contributed by atoms with E-state index in [4.69, 9.17) is 16.2 Å². The normalized spacial score (nSPS) is 10.7. The van der Waals surface area contributed by atoms with Crippen molar-refractivity contribution in [3.63, 3.8) is 0 Å². The molecule has 0 aliphatic rings. The molecule has 0 fully saturated rings. The van der Waals surface area contributed by atoms with Crippen molar-refractivity contribution in [2.45, 2.75) is 19.7 Å². The number of nitrogens with one attached hydrogen (secondary N) is 6. The third kappa shape index (κ3) is 16.8. The number of para-hydroxylation sites is 3. The van der Waals surface area contributed by atoms with E-state index in [-0.39, 0.29) is 39.7 Å². The lowest BCUT2D eigenvalue weighted by atomic mass is 10.2. The molecule has 70 heavy (non-hydrogen) atoms. The number of non-ortho nitro benzene ring substituents is 2. The van der Waals surface area contributed by atoms with Crippen LogP contribution < -0.4 is 31.9 Å². The van der Waals surface area contributed by atoms with Crippen LogP contribution in [0.5, 0.6) is 17.2 Å². The summed E-state index contributed by atoms with van der Waals surface area (Å²) in [6.45, 7) is 1.27. The number of nitro groups is 2. The molecule has 6 amide bonds. The Hall–Kier alpha value is -8.24. The van der Waals surface area contributed by atoms with E-state index in [1.807, 2.05) is 0 Å². The van der Waals surface area contributed by atoms with Crippen LogP contribution in [0.3, 0.4) is 0 Å². The Morgan fingerprint density at radius 2 is 1.09 bits per heavy atom. The molecule has 368 valence electrons. The van der Waals surface area contributed by atoms with Gasteiger partial charge in [-0.05, 0) is 83.0 Å². The van der Waals surface area contributed by atoms with Gasteiger partial charge in [0, 0.05) is 27.9 Å². The summed E-state index contributed by atoms with van der Waals surface area (Å²) in [6, 6.07) is 24.7. The van der Waals surface area contributed by atoms with Crippen molar-refractivity contribution in [1.82, 2.24) is 0 Å². The Bertz CT molecular complexity index is 3030. The lowest BCUT2D eigenvalue weighted by molar-refractivity contribution is -0.385. The van der Waals surface area contributed by atoms with E-state index < -0.39 is 73.9 Å². The molecule has 0 heterocycles. The minimum atomic E-state index is -4.65. The molecule has 0 saturated carbocycles. The molecule has 0 aromatic heterocycles. The van der Waals surface area contributed by atoms with E-state index in [1.54, 1.807) is 61.5 Å². The van der Waals surface area contributed by atoms with E-state index in [0.29, 0.717) is 26.9 Å².